The lowest BCUT2D eigenvalue weighted by atomic mass is 9.90. The zero-order chi connectivity index (χ0) is 11.4. The summed E-state index contributed by atoms with van der Waals surface area (Å²) in [6.07, 6.45) is 7.96. The maximum absolute atomic E-state index is 10.6. The van der Waals surface area contributed by atoms with Crippen molar-refractivity contribution in [2.75, 3.05) is 0 Å². The van der Waals surface area contributed by atoms with Gasteiger partial charge in [-0.15, -0.1) is 11.6 Å². The molecule has 1 nitrogen and oxygen atoms in total. The molecular weight excluding hydrogens is 220 g/mol. The molecule has 0 saturated carbocycles. The Balaban J connectivity index is 2.09. The van der Waals surface area contributed by atoms with Crippen LogP contribution < -0.4 is 0 Å². The van der Waals surface area contributed by atoms with E-state index in [-0.39, 0.29) is 4.87 Å². The van der Waals surface area contributed by atoms with Gasteiger partial charge in [-0.3, -0.25) is 4.79 Å². The van der Waals surface area contributed by atoms with E-state index in [0.717, 1.165) is 12.7 Å². The van der Waals surface area contributed by atoms with Crippen LogP contribution in [0.3, 0.4) is 0 Å². The van der Waals surface area contributed by atoms with Crippen molar-refractivity contribution in [1.29, 1.82) is 0 Å². The first-order valence-corrected chi connectivity index (χ1v) is 5.67. The van der Waals surface area contributed by atoms with Crippen LogP contribution in [-0.4, -0.2) is 11.2 Å². The quantitative estimate of drug-likeness (QED) is 0.577. The third-order valence-corrected chi connectivity index (χ3v) is 3.14. The van der Waals surface area contributed by atoms with Gasteiger partial charge in [0.1, 0.15) is 6.29 Å². The lowest BCUT2D eigenvalue weighted by Crippen LogP contribution is -2.23. The molecule has 0 bridgehead atoms. The number of hydrogen-bond acceptors (Lipinski definition) is 1. The van der Waals surface area contributed by atoms with E-state index >= 15 is 0 Å². The fourth-order valence-electron chi connectivity index (χ4n) is 1.82. The standard InChI is InChI=1S/C14H13ClO/c15-14(8-6-13(11-16)7-9-14)10-12-4-2-1-3-5-12/h1-8,11H,9-10H2. The minimum Gasteiger partial charge on any atom is -0.298 e. The van der Waals surface area contributed by atoms with Gasteiger partial charge in [-0.25, -0.2) is 0 Å². The fraction of sp³-hybridized carbons (Fsp3) is 0.214. The average molecular weight is 233 g/mol. The predicted molar refractivity (Wildman–Crippen MR) is 66.6 cm³/mol. The van der Waals surface area contributed by atoms with E-state index in [2.05, 4.69) is 12.1 Å². The molecule has 0 saturated heterocycles. The van der Waals surface area contributed by atoms with Crippen LogP contribution in [-0.2, 0) is 11.2 Å². The molecule has 0 fully saturated rings. The van der Waals surface area contributed by atoms with Gasteiger partial charge in [0.15, 0.2) is 0 Å². The van der Waals surface area contributed by atoms with Crippen molar-refractivity contribution in [3.8, 4) is 0 Å². The summed E-state index contributed by atoms with van der Waals surface area (Å²) in [5.41, 5.74) is 1.93. The summed E-state index contributed by atoms with van der Waals surface area (Å²) < 4.78 is 0. The maximum atomic E-state index is 10.6. The van der Waals surface area contributed by atoms with Gasteiger partial charge in [0.05, 0.1) is 4.87 Å². The summed E-state index contributed by atoms with van der Waals surface area (Å²) in [7, 11) is 0. The largest absolute Gasteiger partial charge is 0.298 e. The zero-order valence-electron chi connectivity index (χ0n) is 8.90. The molecule has 2 heteroatoms. The molecule has 0 N–H and O–H groups in total. The molecule has 0 spiro atoms. The van der Waals surface area contributed by atoms with Gasteiger partial charge in [-0.1, -0.05) is 48.6 Å². The number of carbonyl (C=O) groups is 1. The Hall–Kier alpha value is -1.34. The number of benzene rings is 1. The van der Waals surface area contributed by atoms with Crippen molar-refractivity contribution in [2.24, 2.45) is 0 Å². The third kappa shape index (κ3) is 2.61. The third-order valence-electron chi connectivity index (χ3n) is 2.73. The molecular formula is C14H13ClO. The molecule has 16 heavy (non-hydrogen) atoms. The number of hydrogen-bond donors (Lipinski definition) is 0. The number of halogens is 1. The van der Waals surface area contributed by atoms with Crippen LogP contribution in [0.15, 0.2) is 54.1 Å². The van der Waals surface area contributed by atoms with E-state index in [9.17, 15) is 4.79 Å². The monoisotopic (exact) mass is 232 g/mol. The number of aldehydes is 1. The number of rotatable bonds is 3. The minimum absolute atomic E-state index is 0.381. The summed E-state index contributed by atoms with van der Waals surface area (Å²) in [4.78, 5) is 10.2. The number of alkyl halides is 1. The van der Waals surface area contributed by atoms with Crippen LogP contribution in [0.1, 0.15) is 12.0 Å². The normalized spacial score (nSPS) is 23.9. The molecule has 1 aromatic rings. The van der Waals surface area contributed by atoms with Crippen molar-refractivity contribution in [3.63, 3.8) is 0 Å². The molecule has 1 atom stereocenters. The molecule has 82 valence electrons. The van der Waals surface area contributed by atoms with Crippen molar-refractivity contribution in [3.05, 3.63) is 59.7 Å². The van der Waals surface area contributed by atoms with Gasteiger partial charge in [0, 0.05) is 5.57 Å². The van der Waals surface area contributed by atoms with Crippen LogP contribution in [0.2, 0.25) is 0 Å². The second kappa shape index (κ2) is 4.67. The van der Waals surface area contributed by atoms with E-state index in [1.807, 2.05) is 30.4 Å². The molecule has 1 aromatic carbocycles. The fourth-order valence-corrected chi connectivity index (χ4v) is 2.12. The molecule has 1 aliphatic carbocycles. The molecule has 1 aliphatic rings. The van der Waals surface area contributed by atoms with Gasteiger partial charge < -0.3 is 0 Å². The summed E-state index contributed by atoms with van der Waals surface area (Å²) >= 11 is 6.48. The van der Waals surface area contributed by atoms with E-state index in [1.54, 1.807) is 6.08 Å². The van der Waals surface area contributed by atoms with Crippen LogP contribution in [0.25, 0.3) is 0 Å². The first kappa shape index (κ1) is 11.2. The van der Waals surface area contributed by atoms with Gasteiger partial charge in [0.25, 0.3) is 0 Å². The Bertz CT molecular complexity index is 433. The minimum atomic E-state index is -0.381. The van der Waals surface area contributed by atoms with Crippen LogP contribution in [0.5, 0.6) is 0 Å². The molecule has 0 heterocycles. The lowest BCUT2D eigenvalue weighted by Gasteiger charge is -2.24. The number of carbonyl (C=O) groups excluding carboxylic acids is 1. The topological polar surface area (TPSA) is 17.1 Å². The van der Waals surface area contributed by atoms with Crippen molar-refractivity contribution in [2.45, 2.75) is 17.7 Å². The Morgan fingerprint density at radius 3 is 2.62 bits per heavy atom. The van der Waals surface area contributed by atoms with E-state index in [1.165, 1.54) is 5.56 Å². The van der Waals surface area contributed by atoms with Gasteiger partial charge in [-0.2, -0.15) is 0 Å². The maximum Gasteiger partial charge on any atom is 0.149 e. The lowest BCUT2D eigenvalue weighted by molar-refractivity contribution is -0.104. The first-order chi connectivity index (χ1) is 7.72. The van der Waals surface area contributed by atoms with Gasteiger partial charge in [-0.05, 0) is 18.4 Å². The van der Waals surface area contributed by atoms with Crippen LogP contribution in [0, 0.1) is 0 Å². The summed E-state index contributed by atoms with van der Waals surface area (Å²) in [5.74, 6) is 0. The van der Waals surface area contributed by atoms with E-state index < -0.39 is 0 Å². The molecule has 0 aliphatic heterocycles. The summed E-state index contributed by atoms with van der Waals surface area (Å²) in [6.45, 7) is 0. The first-order valence-electron chi connectivity index (χ1n) is 5.29. The highest BCUT2D eigenvalue weighted by Gasteiger charge is 2.25. The zero-order valence-corrected chi connectivity index (χ0v) is 9.65. The molecule has 1 unspecified atom stereocenters. The molecule has 2 rings (SSSR count). The Labute approximate surface area is 100 Å². The molecule has 0 amide bonds. The van der Waals surface area contributed by atoms with E-state index in [4.69, 9.17) is 11.6 Å². The average Bonchev–Trinajstić information content (AvgIpc) is 2.31. The highest BCUT2D eigenvalue weighted by Crippen LogP contribution is 2.31. The Morgan fingerprint density at radius 2 is 2.06 bits per heavy atom. The van der Waals surface area contributed by atoms with Crippen molar-refractivity contribution >= 4 is 17.9 Å². The summed E-state index contributed by atoms with van der Waals surface area (Å²) in [6, 6.07) is 10.1. The second-order valence-corrected chi connectivity index (χ2v) is 4.81. The van der Waals surface area contributed by atoms with Crippen molar-refractivity contribution < 1.29 is 4.79 Å². The van der Waals surface area contributed by atoms with E-state index in [0.29, 0.717) is 12.0 Å². The predicted octanol–water partition coefficient (Wildman–Crippen LogP) is 3.29. The van der Waals surface area contributed by atoms with Crippen LogP contribution >= 0.6 is 11.6 Å². The van der Waals surface area contributed by atoms with Gasteiger partial charge >= 0.3 is 0 Å². The Kier molecular flexibility index (Phi) is 3.25. The van der Waals surface area contributed by atoms with Crippen LogP contribution in [0.4, 0.5) is 0 Å². The summed E-state index contributed by atoms with van der Waals surface area (Å²) in [5, 5.41) is 0. The molecule has 0 radical (unpaired) electrons. The SMILES string of the molecule is O=CC1=CCC(Cl)(Cc2ccccc2)C=C1. The Morgan fingerprint density at radius 1 is 1.31 bits per heavy atom. The highest BCUT2D eigenvalue weighted by molar-refractivity contribution is 6.25. The highest BCUT2D eigenvalue weighted by atomic mass is 35.5. The second-order valence-electron chi connectivity index (χ2n) is 4.06. The van der Waals surface area contributed by atoms with Crippen molar-refractivity contribution in [1.82, 2.24) is 0 Å². The van der Waals surface area contributed by atoms with Gasteiger partial charge in [0.2, 0.25) is 0 Å². The smallest absolute Gasteiger partial charge is 0.149 e. The number of allylic oxidation sites excluding steroid dienone is 4. The molecule has 0 aromatic heterocycles.